The van der Waals surface area contributed by atoms with Crippen LogP contribution in [0, 0.1) is 6.92 Å². The van der Waals surface area contributed by atoms with Gasteiger partial charge in [0.05, 0.1) is 0 Å². The highest BCUT2D eigenvalue weighted by Crippen LogP contribution is 2.22. The van der Waals surface area contributed by atoms with E-state index in [1.54, 1.807) is 35.2 Å². The van der Waals surface area contributed by atoms with Crippen molar-refractivity contribution in [2.45, 2.75) is 32.9 Å². The molecule has 3 aromatic carbocycles. The van der Waals surface area contributed by atoms with Crippen molar-refractivity contribution in [3.8, 4) is 5.75 Å². The van der Waals surface area contributed by atoms with Gasteiger partial charge in [0, 0.05) is 29.6 Å². The molecule has 0 aromatic heterocycles. The summed E-state index contributed by atoms with van der Waals surface area (Å²) in [6.45, 7) is 4.23. The summed E-state index contributed by atoms with van der Waals surface area (Å²) < 4.78 is 5.78. The number of rotatable bonds is 10. The second-order valence-electron chi connectivity index (χ2n) is 7.95. The molecule has 3 aromatic rings. The topological polar surface area (TPSA) is 58.6 Å². The molecule has 0 aliphatic carbocycles. The highest BCUT2D eigenvalue weighted by atomic mass is 35.5. The summed E-state index contributed by atoms with van der Waals surface area (Å²) in [6, 6.07) is 21.4. The normalized spacial score (nSPS) is 11.5. The summed E-state index contributed by atoms with van der Waals surface area (Å²) in [6.07, 6.45) is 0.381. The first kappa shape index (κ1) is 25.6. The second-order valence-corrected chi connectivity index (χ2v) is 8.79. The molecule has 0 radical (unpaired) electrons. The number of hydrogen-bond acceptors (Lipinski definition) is 3. The quantitative estimate of drug-likeness (QED) is 0.403. The molecule has 0 aliphatic rings. The lowest BCUT2D eigenvalue weighted by Gasteiger charge is -2.31. The maximum Gasteiger partial charge on any atom is 0.261 e. The summed E-state index contributed by atoms with van der Waals surface area (Å²) in [7, 11) is 0. The number of nitrogens with one attached hydrogen (secondary N) is 1. The Morgan fingerprint density at radius 3 is 2.32 bits per heavy atom. The van der Waals surface area contributed by atoms with Gasteiger partial charge < -0.3 is 15.0 Å². The van der Waals surface area contributed by atoms with Gasteiger partial charge in [-0.05, 0) is 60.9 Å². The van der Waals surface area contributed by atoms with Gasteiger partial charge in [-0.3, -0.25) is 9.59 Å². The highest BCUT2D eigenvalue weighted by Gasteiger charge is 2.30. The standard InChI is InChI=1S/C27H28Cl2N2O3/c1-3-30-27(33)25(16-20-7-5-4-6-8-20)31(17-21-9-11-22(28)12-10-21)26(32)18-34-23-13-14-24(29)19(2)15-23/h4-15,25H,3,16-18H2,1-2H3,(H,30,33)/t25-/m0/s1. The zero-order valence-electron chi connectivity index (χ0n) is 19.3. The van der Waals surface area contributed by atoms with E-state index in [-0.39, 0.29) is 25.0 Å². The van der Waals surface area contributed by atoms with Crippen LogP contribution in [0.25, 0.3) is 0 Å². The SMILES string of the molecule is CCNC(=O)[C@H](Cc1ccccc1)N(Cc1ccc(Cl)cc1)C(=O)COc1ccc(Cl)c(C)c1. The summed E-state index contributed by atoms with van der Waals surface area (Å²) in [4.78, 5) is 28.1. The van der Waals surface area contributed by atoms with Crippen LogP contribution >= 0.6 is 23.2 Å². The number of hydrogen-bond donors (Lipinski definition) is 1. The summed E-state index contributed by atoms with van der Waals surface area (Å²) in [5.74, 6) is 0.0325. The Kier molecular flexibility index (Phi) is 9.37. The van der Waals surface area contributed by atoms with E-state index in [9.17, 15) is 9.59 Å². The molecule has 0 spiro atoms. The van der Waals surface area contributed by atoms with Crippen molar-refractivity contribution in [3.63, 3.8) is 0 Å². The van der Waals surface area contributed by atoms with Crippen LogP contribution in [0.2, 0.25) is 10.0 Å². The van der Waals surface area contributed by atoms with Gasteiger partial charge in [-0.2, -0.15) is 0 Å². The zero-order valence-corrected chi connectivity index (χ0v) is 20.8. The molecule has 178 valence electrons. The van der Waals surface area contributed by atoms with Crippen molar-refractivity contribution >= 4 is 35.0 Å². The zero-order chi connectivity index (χ0) is 24.5. The largest absolute Gasteiger partial charge is 0.484 e. The molecule has 1 N–H and O–H groups in total. The molecule has 0 fully saturated rings. The minimum atomic E-state index is -0.707. The van der Waals surface area contributed by atoms with Crippen LogP contribution in [0.4, 0.5) is 0 Å². The average Bonchev–Trinajstić information content (AvgIpc) is 2.84. The molecule has 0 bridgehead atoms. The van der Waals surface area contributed by atoms with Crippen molar-refractivity contribution in [1.82, 2.24) is 10.2 Å². The van der Waals surface area contributed by atoms with E-state index in [4.69, 9.17) is 27.9 Å². The number of amides is 2. The Morgan fingerprint density at radius 1 is 0.971 bits per heavy atom. The maximum absolute atomic E-state index is 13.4. The van der Waals surface area contributed by atoms with Crippen molar-refractivity contribution in [3.05, 3.63) is 99.5 Å². The van der Waals surface area contributed by atoms with E-state index in [0.29, 0.717) is 28.8 Å². The number of carbonyl (C=O) groups excluding carboxylic acids is 2. The molecule has 7 heteroatoms. The first-order chi connectivity index (χ1) is 16.4. The van der Waals surface area contributed by atoms with E-state index in [2.05, 4.69) is 5.32 Å². The molecule has 0 saturated carbocycles. The van der Waals surface area contributed by atoms with Crippen LogP contribution in [0.5, 0.6) is 5.75 Å². The van der Waals surface area contributed by atoms with E-state index >= 15 is 0 Å². The highest BCUT2D eigenvalue weighted by molar-refractivity contribution is 6.31. The number of nitrogens with zero attached hydrogens (tertiary/aromatic N) is 1. The maximum atomic E-state index is 13.4. The smallest absolute Gasteiger partial charge is 0.261 e. The summed E-state index contributed by atoms with van der Waals surface area (Å²) in [5.41, 5.74) is 2.68. The average molecular weight is 499 g/mol. The summed E-state index contributed by atoms with van der Waals surface area (Å²) >= 11 is 12.1. The molecule has 0 heterocycles. The molecule has 0 saturated heterocycles. The van der Waals surface area contributed by atoms with Crippen LogP contribution in [0.3, 0.4) is 0 Å². The number of benzene rings is 3. The fourth-order valence-electron chi connectivity index (χ4n) is 3.57. The van der Waals surface area contributed by atoms with Crippen molar-refractivity contribution in [2.24, 2.45) is 0 Å². The number of carbonyl (C=O) groups is 2. The molecular formula is C27H28Cl2N2O3. The van der Waals surface area contributed by atoms with Crippen LogP contribution in [0.15, 0.2) is 72.8 Å². The lowest BCUT2D eigenvalue weighted by molar-refractivity contribution is -0.142. The van der Waals surface area contributed by atoms with E-state index in [1.165, 1.54) is 0 Å². The van der Waals surface area contributed by atoms with Gasteiger partial charge in [-0.1, -0.05) is 65.7 Å². The number of halogens is 2. The lowest BCUT2D eigenvalue weighted by Crippen LogP contribution is -2.51. The minimum Gasteiger partial charge on any atom is -0.484 e. The Balaban J connectivity index is 1.88. The molecule has 0 aliphatic heterocycles. The second kappa shape index (κ2) is 12.4. The van der Waals surface area contributed by atoms with Crippen molar-refractivity contribution in [1.29, 1.82) is 0 Å². The fourth-order valence-corrected chi connectivity index (χ4v) is 3.81. The third-order valence-corrected chi connectivity index (χ3v) is 6.06. The van der Waals surface area contributed by atoms with Gasteiger partial charge in [-0.15, -0.1) is 0 Å². The van der Waals surface area contributed by atoms with Crippen LogP contribution in [-0.4, -0.2) is 35.9 Å². The molecule has 34 heavy (non-hydrogen) atoms. The Morgan fingerprint density at radius 2 is 1.68 bits per heavy atom. The molecular weight excluding hydrogens is 471 g/mol. The lowest BCUT2D eigenvalue weighted by atomic mass is 10.0. The fraction of sp³-hybridized carbons (Fsp3) is 0.259. The number of likely N-dealkylation sites (N-methyl/N-ethyl adjacent to an activating group) is 1. The van der Waals surface area contributed by atoms with E-state index in [0.717, 1.165) is 16.7 Å². The molecule has 0 unspecified atom stereocenters. The third kappa shape index (κ3) is 7.24. The van der Waals surface area contributed by atoms with Gasteiger partial charge in [0.2, 0.25) is 5.91 Å². The van der Waals surface area contributed by atoms with Crippen molar-refractivity contribution < 1.29 is 14.3 Å². The molecule has 3 rings (SSSR count). The predicted molar refractivity (Wildman–Crippen MR) is 136 cm³/mol. The van der Waals surface area contributed by atoms with Gasteiger partial charge in [-0.25, -0.2) is 0 Å². The molecule has 1 atom stereocenters. The Labute approximate surface area is 210 Å². The number of ether oxygens (including phenoxy) is 1. The van der Waals surface area contributed by atoms with Crippen LogP contribution in [-0.2, 0) is 22.6 Å². The molecule has 5 nitrogen and oxygen atoms in total. The third-order valence-electron chi connectivity index (χ3n) is 5.38. The first-order valence-electron chi connectivity index (χ1n) is 11.1. The van der Waals surface area contributed by atoms with Crippen LogP contribution in [0.1, 0.15) is 23.6 Å². The Bertz CT molecular complexity index is 1100. The predicted octanol–water partition coefficient (Wildman–Crippen LogP) is 5.46. The minimum absolute atomic E-state index is 0.209. The van der Waals surface area contributed by atoms with Gasteiger partial charge in [0.15, 0.2) is 6.61 Å². The van der Waals surface area contributed by atoms with Crippen LogP contribution < -0.4 is 10.1 Å². The van der Waals surface area contributed by atoms with Crippen molar-refractivity contribution in [2.75, 3.05) is 13.2 Å². The van der Waals surface area contributed by atoms with Gasteiger partial charge >= 0.3 is 0 Å². The Hall–Kier alpha value is -3.02. The molecule has 2 amide bonds. The van der Waals surface area contributed by atoms with E-state index in [1.807, 2.05) is 56.3 Å². The summed E-state index contributed by atoms with van der Waals surface area (Å²) in [5, 5.41) is 4.11. The monoisotopic (exact) mass is 498 g/mol. The number of aryl methyl sites for hydroxylation is 1. The van der Waals surface area contributed by atoms with E-state index < -0.39 is 6.04 Å². The van der Waals surface area contributed by atoms with Gasteiger partial charge in [0.1, 0.15) is 11.8 Å². The first-order valence-corrected chi connectivity index (χ1v) is 11.9. The van der Waals surface area contributed by atoms with Gasteiger partial charge in [0.25, 0.3) is 5.91 Å².